The first-order valence-corrected chi connectivity index (χ1v) is 11.4. The van der Waals surface area contributed by atoms with Gasteiger partial charge in [-0.25, -0.2) is 12.8 Å². The SMILES string of the molecule is CCN(CC)S(=O)(=O)c1cc(NC(=O)C2(c3cccc(F)c3)CCC2)ccc1Cl. The molecule has 1 fully saturated rings. The first-order valence-electron chi connectivity index (χ1n) is 9.62. The van der Waals surface area contributed by atoms with Crippen LogP contribution in [0.2, 0.25) is 5.02 Å². The molecule has 1 saturated carbocycles. The Hall–Kier alpha value is -1.96. The van der Waals surface area contributed by atoms with Crippen molar-refractivity contribution in [1.82, 2.24) is 4.31 Å². The number of rotatable bonds is 7. The molecule has 0 unspecified atom stereocenters. The third kappa shape index (κ3) is 4.04. The summed E-state index contributed by atoms with van der Waals surface area (Å²) in [6, 6.07) is 10.5. The highest BCUT2D eigenvalue weighted by Crippen LogP contribution is 2.45. The lowest BCUT2D eigenvalue weighted by Gasteiger charge is -2.40. The molecule has 156 valence electrons. The lowest BCUT2D eigenvalue weighted by molar-refractivity contribution is -0.124. The van der Waals surface area contributed by atoms with E-state index in [1.807, 2.05) is 0 Å². The summed E-state index contributed by atoms with van der Waals surface area (Å²) in [5.41, 5.74) is 0.165. The van der Waals surface area contributed by atoms with Crippen molar-refractivity contribution in [3.8, 4) is 0 Å². The number of hydrogen-bond acceptors (Lipinski definition) is 3. The largest absolute Gasteiger partial charge is 0.325 e. The van der Waals surface area contributed by atoms with Crippen molar-refractivity contribution >= 4 is 33.2 Å². The summed E-state index contributed by atoms with van der Waals surface area (Å²) >= 11 is 6.16. The standard InChI is InChI=1S/C21H24ClFN2O3S/c1-3-25(4-2)29(27,28)19-14-17(9-10-18(19)22)24-20(26)21(11-6-12-21)15-7-5-8-16(23)13-15/h5,7-10,13-14H,3-4,6,11-12H2,1-2H3,(H,24,26). The van der Waals surface area contributed by atoms with Crippen LogP contribution in [0.1, 0.15) is 38.7 Å². The second-order valence-electron chi connectivity index (χ2n) is 7.13. The smallest absolute Gasteiger partial charge is 0.244 e. The minimum absolute atomic E-state index is 0.0471. The van der Waals surface area contributed by atoms with Crippen LogP contribution < -0.4 is 5.32 Å². The van der Waals surface area contributed by atoms with Crippen molar-refractivity contribution in [2.75, 3.05) is 18.4 Å². The quantitative estimate of drug-likeness (QED) is 0.688. The normalized spacial score (nSPS) is 15.8. The zero-order valence-corrected chi connectivity index (χ0v) is 18.0. The van der Waals surface area contributed by atoms with Gasteiger partial charge in [0.2, 0.25) is 15.9 Å². The summed E-state index contributed by atoms with van der Waals surface area (Å²) in [5.74, 6) is -0.663. The van der Waals surface area contributed by atoms with Gasteiger partial charge >= 0.3 is 0 Å². The van der Waals surface area contributed by atoms with Gasteiger partial charge in [-0.1, -0.05) is 44.0 Å². The number of nitrogens with one attached hydrogen (secondary N) is 1. The van der Waals surface area contributed by atoms with Gasteiger partial charge in [-0.2, -0.15) is 4.31 Å². The van der Waals surface area contributed by atoms with Crippen molar-refractivity contribution in [3.63, 3.8) is 0 Å². The van der Waals surface area contributed by atoms with Crippen LogP contribution in [-0.4, -0.2) is 31.7 Å². The summed E-state index contributed by atoms with van der Waals surface area (Å²) in [6.45, 7) is 4.13. The molecule has 0 atom stereocenters. The third-order valence-electron chi connectivity index (χ3n) is 5.53. The van der Waals surface area contributed by atoms with E-state index in [9.17, 15) is 17.6 Å². The first-order chi connectivity index (χ1) is 13.7. The van der Waals surface area contributed by atoms with Gasteiger partial charge in [-0.15, -0.1) is 0 Å². The number of sulfonamides is 1. The van der Waals surface area contributed by atoms with Crippen molar-refractivity contribution in [2.45, 2.75) is 43.4 Å². The lowest BCUT2D eigenvalue weighted by atomic mass is 9.63. The second-order valence-corrected chi connectivity index (χ2v) is 9.45. The number of hydrogen-bond donors (Lipinski definition) is 1. The van der Waals surface area contributed by atoms with Gasteiger partial charge in [0.15, 0.2) is 0 Å². The summed E-state index contributed by atoms with van der Waals surface area (Å²) in [4.78, 5) is 13.0. The Kier molecular flexibility index (Phi) is 6.31. The Morgan fingerprint density at radius 2 is 1.86 bits per heavy atom. The molecule has 2 aromatic carbocycles. The van der Waals surface area contributed by atoms with Crippen LogP contribution in [0.4, 0.5) is 10.1 Å². The van der Waals surface area contributed by atoms with Gasteiger partial charge in [0.05, 0.1) is 10.4 Å². The molecule has 5 nitrogen and oxygen atoms in total. The van der Waals surface area contributed by atoms with E-state index >= 15 is 0 Å². The van der Waals surface area contributed by atoms with E-state index in [4.69, 9.17) is 11.6 Å². The summed E-state index contributed by atoms with van der Waals surface area (Å²) in [7, 11) is -3.77. The molecule has 0 radical (unpaired) electrons. The van der Waals surface area contributed by atoms with E-state index in [1.54, 1.807) is 32.0 Å². The van der Waals surface area contributed by atoms with Gasteiger partial charge in [0, 0.05) is 18.8 Å². The molecule has 0 aliphatic heterocycles. The maximum absolute atomic E-state index is 13.7. The number of carbonyl (C=O) groups is 1. The van der Waals surface area contributed by atoms with Crippen LogP contribution in [0, 0.1) is 5.82 Å². The predicted octanol–water partition coefficient (Wildman–Crippen LogP) is 4.57. The van der Waals surface area contributed by atoms with Gasteiger partial charge in [-0.05, 0) is 48.7 Å². The Bertz CT molecular complexity index is 1020. The van der Waals surface area contributed by atoms with Crippen molar-refractivity contribution in [3.05, 3.63) is 58.9 Å². The lowest BCUT2D eigenvalue weighted by Crippen LogP contribution is -2.46. The Balaban J connectivity index is 1.92. The number of benzene rings is 2. The number of carbonyl (C=O) groups excluding carboxylic acids is 1. The molecule has 29 heavy (non-hydrogen) atoms. The molecule has 2 aromatic rings. The highest BCUT2D eigenvalue weighted by molar-refractivity contribution is 7.89. The predicted molar refractivity (Wildman–Crippen MR) is 112 cm³/mol. The summed E-state index contributed by atoms with van der Waals surface area (Å²) in [6.07, 6.45) is 2.09. The topological polar surface area (TPSA) is 66.5 Å². The van der Waals surface area contributed by atoms with Crippen molar-refractivity contribution in [2.24, 2.45) is 0 Å². The molecular weight excluding hydrogens is 415 g/mol. The van der Waals surface area contributed by atoms with E-state index in [2.05, 4.69) is 5.32 Å². The number of halogens is 2. The van der Waals surface area contributed by atoms with E-state index in [1.165, 1.54) is 28.6 Å². The van der Waals surface area contributed by atoms with E-state index in [-0.39, 0.29) is 21.6 Å². The molecule has 0 bridgehead atoms. The van der Waals surface area contributed by atoms with E-state index < -0.39 is 15.4 Å². The maximum atomic E-state index is 13.7. The molecule has 0 spiro atoms. The molecule has 1 aliphatic rings. The molecule has 1 N–H and O–H groups in total. The van der Waals surface area contributed by atoms with E-state index in [0.29, 0.717) is 37.2 Å². The van der Waals surface area contributed by atoms with Crippen LogP contribution in [-0.2, 0) is 20.2 Å². The van der Waals surface area contributed by atoms with Gasteiger partial charge in [-0.3, -0.25) is 4.79 Å². The van der Waals surface area contributed by atoms with Gasteiger partial charge in [0.25, 0.3) is 0 Å². The molecular formula is C21H24ClFN2O3S. The fourth-order valence-electron chi connectivity index (χ4n) is 3.70. The Morgan fingerprint density at radius 3 is 2.41 bits per heavy atom. The van der Waals surface area contributed by atoms with Crippen molar-refractivity contribution in [1.29, 1.82) is 0 Å². The fraction of sp³-hybridized carbons (Fsp3) is 0.381. The summed E-state index contributed by atoms with van der Waals surface area (Å²) in [5, 5.41) is 2.91. The molecule has 0 heterocycles. The summed E-state index contributed by atoms with van der Waals surface area (Å²) < 4.78 is 40.7. The number of amides is 1. The molecule has 8 heteroatoms. The van der Waals surface area contributed by atoms with Crippen LogP contribution in [0.25, 0.3) is 0 Å². The zero-order chi connectivity index (χ0) is 21.2. The number of anilines is 1. The second kappa shape index (κ2) is 8.42. The van der Waals surface area contributed by atoms with E-state index in [0.717, 1.165) is 6.42 Å². The molecule has 0 saturated heterocycles. The van der Waals surface area contributed by atoms with Crippen LogP contribution in [0.3, 0.4) is 0 Å². The molecule has 1 amide bonds. The third-order valence-corrected chi connectivity index (χ3v) is 8.06. The number of nitrogens with zero attached hydrogens (tertiary/aromatic N) is 1. The Labute approximate surface area is 175 Å². The fourth-order valence-corrected chi connectivity index (χ4v) is 5.65. The average Bonchev–Trinajstić information content (AvgIpc) is 2.63. The molecule has 3 rings (SSSR count). The van der Waals surface area contributed by atoms with Crippen LogP contribution >= 0.6 is 11.6 Å². The minimum atomic E-state index is -3.77. The minimum Gasteiger partial charge on any atom is -0.325 e. The first kappa shape index (κ1) is 21.7. The monoisotopic (exact) mass is 438 g/mol. The zero-order valence-electron chi connectivity index (χ0n) is 16.4. The van der Waals surface area contributed by atoms with Crippen LogP contribution in [0.15, 0.2) is 47.4 Å². The van der Waals surface area contributed by atoms with Gasteiger partial charge in [0.1, 0.15) is 10.7 Å². The highest BCUT2D eigenvalue weighted by atomic mass is 35.5. The maximum Gasteiger partial charge on any atom is 0.244 e. The van der Waals surface area contributed by atoms with Crippen LogP contribution in [0.5, 0.6) is 0 Å². The average molecular weight is 439 g/mol. The highest BCUT2D eigenvalue weighted by Gasteiger charge is 2.45. The molecule has 0 aromatic heterocycles. The Morgan fingerprint density at radius 1 is 1.17 bits per heavy atom. The van der Waals surface area contributed by atoms with Gasteiger partial charge < -0.3 is 5.32 Å². The molecule has 1 aliphatic carbocycles. The van der Waals surface area contributed by atoms with Crippen molar-refractivity contribution < 1.29 is 17.6 Å².